The van der Waals surface area contributed by atoms with E-state index in [-0.39, 0.29) is 0 Å². The Labute approximate surface area is 369 Å². The van der Waals surface area contributed by atoms with Crippen LogP contribution in [0.25, 0.3) is 111 Å². The quantitative estimate of drug-likeness (QED) is 0.164. The first-order valence-electron chi connectivity index (χ1n) is 22.0. The van der Waals surface area contributed by atoms with Crippen LogP contribution in [0.2, 0.25) is 0 Å². The molecule has 0 amide bonds. The van der Waals surface area contributed by atoms with E-state index < -0.39 is 0 Å². The zero-order valence-electron chi connectivity index (χ0n) is 35.4. The van der Waals surface area contributed by atoms with Crippen LogP contribution in [0.1, 0.15) is 11.1 Å². The first kappa shape index (κ1) is 36.3. The Morgan fingerprint density at radius 2 is 0.734 bits per heavy atom. The molecular formula is C59H41N5. The number of hydrogen-bond donors (Lipinski definition) is 0. The van der Waals surface area contributed by atoms with Gasteiger partial charge in [0.05, 0.1) is 50.2 Å². The maximum Gasteiger partial charge on any atom is 0.138 e. The van der Waals surface area contributed by atoms with Gasteiger partial charge in [0.2, 0.25) is 0 Å². The van der Waals surface area contributed by atoms with Crippen molar-refractivity contribution in [1.29, 1.82) is 0 Å². The Hall–Kier alpha value is -8.41. The lowest BCUT2D eigenvalue weighted by atomic mass is 10.1. The lowest BCUT2D eigenvalue weighted by Gasteiger charge is -2.17. The third-order valence-corrected chi connectivity index (χ3v) is 13.3. The van der Waals surface area contributed by atoms with Crippen molar-refractivity contribution >= 4 is 65.4 Å². The molecule has 0 N–H and O–H groups in total. The fourth-order valence-corrected chi connectivity index (χ4v) is 10.6. The lowest BCUT2D eigenvalue weighted by Crippen LogP contribution is -2.05. The molecule has 13 aromatic rings. The van der Waals surface area contributed by atoms with E-state index in [1.165, 1.54) is 71.2 Å². The van der Waals surface area contributed by atoms with Crippen LogP contribution in [-0.4, -0.2) is 23.3 Å². The molecule has 13 rings (SSSR count). The highest BCUT2D eigenvalue weighted by Gasteiger charge is 2.26. The molecule has 0 bridgehead atoms. The van der Waals surface area contributed by atoms with E-state index in [0.29, 0.717) is 0 Å². The van der Waals surface area contributed by atoms with Gasteiger partial charge in [-0.15, -0.1) is 0 Å². The van der Waals surface area contributed by atoms with Crippen LogP contribution in [0.4, 0.5) is 0 Å². The first-order chi connectivity index (χ1) is 31.6. The summed E-state index contributed by atoms with van der Waals surface area (Å²) in [6, 6.07) is 76.5. The molecule has 0 saturated carbocycles. The number of para-hydroxylation sites is 6. The van der Waals surface area contributed by atoms with Crippen LogP contribution in [0.3, 0.4) is 0 Å². The van der Waals surface area contributed by atoms with E-state index in [9.17, 15) is 0 Å². The lowest BCUT2D eigenvalue weighted by molar-refractivity contribution is 1.02. The number of nitrogens with zero attached hydrogens (tertiary/aromatic N) is 5. The molecule has 0 aliphatic heterocycles. The van der Waals surface area contributed by atoms with E-state index >= 15 is 0 Å². The SMILES string of the molecule is Cc1c(-c2c(C)c3ccccc3n2-c2cccc(-c3cccc(-n4c5ccccc5c5ccc6c7ccccc7n(-c7ccccc7)c6c54)c3)n2)n(-c2ccccc2)c2ccccc12. The van der Waals surface area contributed by atoms with Gasteiger partial charge in [-0.2, -0.15) is 0 Å². The molecule has 0 aliphatic carbocycles. The fourth-order valence-electron chi connectivity index (χ4n) is 10.6. The predicted octanol–water partition coefficient (Wildman–Crippen LogP) is 15.1. The molecule has 302 valence electrons. The van der Waals surface area contributed by atoms with Crippen LogP contribution in [0.5, 0.6) is 0 Å². The van der Waals surface area contributed by atoms with Crippen LogP contribution in [0.15, 0.2) is 212 Å². The van der Waals surface area contributed by atoms with Gasteiger partial charge in [0.25, 0.3) is 0 Å². The zero-order valence-corrected chi connectivity index (χ0v) is 35.4. The highest BCUT2D eigenvalue weighted by atomic mass is 15.1. The van der Waals surface area contributed by atoms with Gasteiger partial charge >= 0.3 is 0 Å². The Morgan fingerprint density at radius 3 is 1.31 bits per heavy atom. The summed E-state index contributed by atoms with van der Waals surface area (Å²) in [7, 11) is 0. The molecule has 0 spiro atoms. The Bertz CT molecular complexity index is 3970. The maximum atomic E-state index is 5.57. The van der Waals surface area contributed by atoms with Crippen molar-refractivity contribution in [3.63, 3.8) is 0 Å². The van der Waals surface area contributed by atoms with Gasteiger partial charge in [-0.1, -0.05) is 140 Å². The summed E-state index contributed by atoms with van der Waals surface area (Å²) < 4.78 is 9.71. The topological polar surface area (TPSA) is 32.6 Å². The number of fused-ring (bicyclic) bond motifs is 9. The number of aryl methyl sites for hydroxylation is 2. The highest BCUT2D eigenvalue weighted by Crippen LogP contribution is 2.44. The van der Waals surface area contributed by atoms with E-state index in [1.807, 2.05) is 0 Å². The van der Waals surface area contributed by atoms with Crippen molar-refractivity contribution in [3.8, 4) is 45.5 Å². The average molecular weight is 820 g/mol. The summed E-state index contributed by atoms with van der Waals surface area (Å²) in [4.78, 5) is 5.57. The normalized spacial score (nSPS) is 11.9. The Morgan fingerprint density at radius 1 is 0.312 bits per heavy atom. The Balaban J connectivity index is 1.04. The minimum absolute atomic E-state index is 0.873. The molecule has 64 heavy (non-hydrogen) atoms. The van der Waals surface area contributed by atoms with Gasteiger partial charge in [-0.3, -0.25) is 4.57 Å². The van der Waals surface area contributed by atoms with Crippen molar-refractivity contribution in [3.05, 3.63) is 223 Å². The maximum absolute atomic E-state index is 5.57. The smallest absolute Gasteiger partial charge is 0.138 e. The summed E-state index contributed by atoms with van der Waals surface area (Å²) >= 11 is 0. The molecule has 5 heteroatoms. The largest absolute Gasteiger partial charge is 0.307 e. The van der Waals surface area contributed by atoms with E-state index in [4.69, 9.17) is 4.98 Å². The number of benzene rings is 8. The second-order valence-corrected chi connectivity index (χ2v) is 16.8. The van der Waals surface area contributed by atoms with Crippen LogP contribution in [0, 0.1) is 13.8 Å². The summed E-state index contributed by atoms with van der Waals surface area (Å²) in [6.45, 7) is 4.52. The Kier molecular flexibility index (Phi) is 7.97. The van der Waals surface area contributed by atoms with Crippen LogP contribution < -0.4 is 0 Å². The third kappa shape index (κ3) is 5.21. The number of rotatable bonds is 6. The zero-order chi connectivity index (χ0) is 42.5. The molecule has 5 nitrogen and oxygen atoms in total. The fraction of sp³-hybridized carbons (Fsp3) is 0.0339. The minimum atomic E-state index is 0.873. The average Bonchev–Trinajstić information content (AvgIpc) is 4.06. The molecule has 0 aliphatic rings. The molecule has 0 saturated heterocycles. The highest BCUT2D eigenvalue weighted by molar-refractivity contribution is 6.23. The summed E-state index contributed by atoms with van der Waals surface area (Å²) in [5, 5.41) is 7.36. The molecule has 8 aromatic carbocycles. The van der Waals surface area contributed by atoms with Crippen molar-refractivity contribution in [2.75, 3.05) is 0 Å². The van der Waals surface area contributed by atoms with Crippen molar-refractivity contribution in [2.24, 2.45) is 0 Å². The third-order valence-electron chi connectivity index (χ3n) is 13.3. The second-order valence-electron chi connectivity index (χ2n) is 16.8. The molecule has 5 aromatic heterocycles. The second kappa shape index (κ2) is 14.1. The minimum Gasteiger partial charge on any atom is -0.307 e. The van der Waals surface area contributed by atoms with Gasteiger partial charge < -0.3 is 13.7 Å². The molecule has 0 atom stereocenters. The van der Waals surface area contributed by atoms with Gasteiger partial charge in [-0.25, -0.2) is 4.98 Å². The number of hydrogen-bond acceptors (Lipinski definition) is 1. The van der Waals surface area contributed by atoms with E-state index in [1.54, 1.807) is 0 Å². The van der Waals surface area contributed by atoms with Crippen molar-refractivity contribution < 1.29 is 0 Å². The molecule has 0 radical (unpaired) electrons. The van der Waals surface area contributed by atoms with Gasteiger partial charge in [0.1, 0.15) is 5.82 Å². The van der Waals surface area contributed by atoms with Gasteiger partial charge in [0.15, 0.2) is 0 Å². The van der Waals surface area contributed by atoms with E-state index in [0.717, 1.165) is 50.9 Å². The summed E-state index contributed by atoms with van der Waals surface area (Å²) in [5.74, 6) is 0.873. The van der Waals surface area contributed by atoms with Crippen LogP contribution >= 0.6 is 0 Å². The molecule has 5 heterocycles. The predicted molar refractivity (Wildman–Crippen MR) is 267 cm³/mol. The van der Waals surface area contributed by atoms with Gasteiger partial charge in [-0.05, 0) is 97.8 Å². The summed E-state index contributed by atoms with van der Waals surface area (Å²) in [5.41, 5.74) is 17.1. The van der Waals surface area contributed by atoms with E-state index in [2.05, 4.69) is 244 Å². The molecule has 0 unspecified atom stereocenters. The van der Waals surface area contributed by atoms with Crippen molar-refractivity contribution in [2.45, 2.75) is 13.8 Å². The standard InChI is InChI=1S/C59H41N5/c1-38-44-25-9-13-30-51(44)61(41-20-5-3-6-21-41)56(38)57-39(2)45-26-10-14-31-52(45)64(57)55-34-18-29-50(60-55)40-19-17-24-43(37-40)63-54-33-16-12-28-47(54)49-36-35-48-46-27-11-15-32-53(46)62(58(48)59(49)63)42-22-7-4-8-23-42/h3-37H,1-2H3. The van der Waals surface area contributed by atoms with Crippen LogP contribution in [-0.2, 0) is 0 Å². The van der Waals surface area contributed by atoms with Crippen molar-refractivity contribution in [1.82, 2.24) is 23.3 Å². The molecule has 0 fully saturated rings. The monoisotopic (exact) mass is 819 g/mol. The number of aromatic nitrogens is 5. The number of pyridine rings is 1. The summed E-state index contributed by atoms with van der Waals surface area (Å²) in [6.07, 6.45) is 0. The first-order valence-corrected chi connectivity index (χ1v) is 22.0. The van der Waals surface area contributed by atoms with Gasteiger partial charge in [0, 0.05) is 54.9 Å². The molecular weight excluding hydrogens is 779 g/mol.